The van der Waals surface area contributed by atoms with Gasteiger partial charge in [0.2, 0.25) is 6.79 Å². The van der Waals surface area contributed by atoms with E-state index < -0.39 is 12.0 Å². The molecule has 0 bridgehead atoms. The van der Waals surface area contributed by atoms with Gasteiger partial charge in [0.05, 0.1) is 29.5 Å². The Balaban J connectivity index is 1.64. The molecule has 0 radical (unpaired) electrons. The highest BCUT2D eigenvalue weighted by molar-refractivity contribution is 7.07. The summed E-state index contributed by atoms with van der Waals surface area (Å²) in [7, 11) is 1.56. The van der Waals surface area contributed by atoms with Crippen molar-refractivity contribution in [3.8, 4) is 17.2 Å². The van der Waals surface area contributed by atoms with E-state index in [1.807, 2.05) is 72.8 Å². The molecule has 1 aromatic heterocycles. The minimum absolute atomic E-state index is 0.165. The first-order valence-electron chi connectivity index (χ1n) is 12.4. The van der Waals surface area contributed by atoms with E-state index in [4.69, 9.17) is 23.9 Å². The van der Waals surface area contributed by atoms with Gasteiger partial charge < -0.3 is 18.9 Å². The van der Waals surface area contributed by atoms with Crippen molar-refractivity contribution >= 4 is 29.1 Å². The lowest BCUT2D eigenvalue weighted by Crippen LogP contribution is -2.40. The zero-order valence-corrected chi connectivity index (χ0v) is 22.1. The number of nitrogens with zero attached hydrogens (tertiary/aromatic N) is 2. The van der Waals surface area contributed by atoms with Crippen LogP contribution < -0.4 is 29.1 Å². The molecule has 1 unspecified atom stereocenters. The van der Waals surface area contributed by atoms with Gasteiger partial charge in [0, 0.05) is 11.1 Å². The molecular weight excluding hydrogens is 516 g/mol. The van der Waals surface area contributed by atoms with Crippen molar-refractivity contribution in [2.24, 2.45) is 4.99 Å². The molecule has 1 atom stereocenters. The van der Waals surface area contributed by atoms with Crippen molar-refractivity contribution in [1.29, 1.82) is 0 Å². The summed E-state index contributed by atoms with van der Waals surface area (Å²) in [6.45, 7) is 2.09. The van der Waals surface area contributed by atoms with Crippen molar-refractivity contribution in [2.75, 3.05) is 20.5 Å². The number of fused-ring (bicyclic) bond motifs is 2. The smallest absolute Gasteiger partial charge is 0.338 e. The highest BCUT2D eigenvalue weighted by Gasteiger charge is 2.36. The normalized spacial score (nSPS) is 16.1. The van der Waals surface area contributed by atoms with E-state index in [1.54, 1.807) is 24.7 Å². The number of ether oxygens (including phenoxy) is 4. The molecule has 9 heteroatoms. The van der Waals surface area contributed by atoms with Crippen LogP contribution >= 0.6 is 11.3 Å². The van der Waals surface area contributed by atoms with E-state index in [0.29, 0.717) is 37.8 Å². The largest absolute Gasteiger partial charge is 0.496 e. The molecule has 0 N–H and O–H groups in total. The first-order chi connectivity index (χ1) is 19.1. The third kappa shape index (κ3) is 4.40. The molecule has 196 valence electrons. The van der Waals surface area contributed by atoms with Crippen LogP contribution in [0.15, 0.2) is 88.2 Å². The van der Waals surface area contributed by atoms with Gasteiger partial charge in [-0.05, 0) is 36.8 Å². The second-order valence-electron chi connectivity index (χ2n) is 8.79. The standard InChI is InChI=1S/C30H24N2O6S/c1-3-36-29(34)25-26(19-9-5-4-6-10-19)31-30-32(27(25)20-11-7-8-12-21(20)35-2)28(33)24(39-30)16-18-13-14-22-23(15-18)38-17-37-22/h4-16,27H,3,17H2,1-2H3. The highest BCUT2D eigenvalue weighted by Crippen LogP contribution is 2.38. The van der Waals surface area contributed by atoms with Gasteiger partial charge in [-0.1, -0.05) is 65.9 Å². The van der Waals surface area contributed by atoms with Gasteiger partial charge in [-0.2, -0.15) is 0 Å². The van der Waals surface area contributed by atoms with Crippen LogP contribution in [0.4, 0.5) is 0 Å². The molecule has 39 heavy (non-hydrogen) atoms. The van der Waals surface area contributed by atoms with Crippen molar-refractivity contribution < 1.29 is 23.7 Å². The minimum atomic E-state index is -0.814. The maximum atomic E-state index is 14.0. The monoisotopic (exact) mass is 540 g/mol. The molecule has 6 rings (SSSR count). The van der Waals surface area contributed by atoms with Gasteiger partial charge >= 0.3 is 5.97 Å². The van der Waals surface area contributed by atoms with Crippen molar-refractivity contribution in [1.82, 2.24) is 4.57 Å². The Bertz CT molecular complexity index is 1790. The second kappa shape index (κ2) is 10.3. The molecule has 2 aliphatic heterocycles. The van der Waals surface area contributed by atoms with Crippen molar-refractivity contribution in [3.05, 3.63) is 115 Å². The lowest BCUT2D eigenvalue weighted by Gasteiger charge is -2.27. The maximum Gasteiger partial charge on any atom is 0.338 e. The summed E-state index contributed by atoms with van der Waals surface area (Å²) in [6.07, 6.45) is 1.79. The first kappa shape index (κ1) is 24.7. The fourth-order valence-electron chi connectivity index (χ4n) is 4.78. The summed E-state index contributed by atoms with van der Waals surface area (Å²) < 4.78 is 24.1. The molecule has 0 fully saturated rings. The fourth-order valence-corrected chi connectivity index (χ4v) is 5.78. The van der Waals surface area contributed by atoms with E-state index in [2.05, 4.69) is 0 Å². The predicted octanol–water partition coefficient (Wildman–Crippen LogP) is 3.67. The molecular formula is C30H24N2O6S. The molecule has 3 heterocycles. The van der Waals surface area contributed by atoms with E-state index in [1.165, 1.54) is 11.3 Å². The zero-order chi connectivity index (χ0) is 26.9. The Kier molecular flexibility index (Phi) is 6.50. The average molecular weight is 541 g/mol. The number of esters is 1. The fraction of sp³-hybridized carbons (Fsp3) is 0.167. The third-order valence-electron chi connectivity index (χ3n) is 6.50. The van der Waals surface area contributed by atoms with Gasteiger partial charge in [-0.15, -0.1) is 0 Å². The number of methoxy groups -OCH3 is 1. The van der Waals surface area contributed by atoms with Crippen LogP contribution in [0.2, 0.25) is 0 Å². The minimum Gasteiger partial charge on any atom is -0.496 e. The molecule has 0 aliphatic carbocycles. The zero-order valence-electron chi connectivity index (χ0n) is 21.2. The van der Waals surface area contributed by atoms with Gasteiger partial charge in [0.1, 0.15) is 11.8 Å². The van der Waals surface area contributed by atoms with Crippen molar-refractivity contribution in [2.45, 2.75) is 13.0 Å². The van der Waals surface area contributed by atoms with Gasteiger partial charge in [0.25, 0.3) is 5.56 Å². The topological polar surface area (TPSA) is 88.4 Å². The van der Waals surface area contributed by atoms with Crippen LogP contribution in [-0.2, 0) is 9.53 Å². The van der Waals surface area contributed by atoms with Crippen LogP contribution in [0.1, 0.15) is 29.7 Å². The summed E-state index contributed by atoms with van der Waals surface area (Å²) in [4.78, 5) is 32.9. The average Bonchev–Trinajstić information content (AvgIpc) is 3.56. The molecule has 3 aromatic carbocycles. The quantitative estimate of drug-likeness (QED) is 0.347. The van der Waals surface area contributed by atoms with Gasteiger partial charge in [0.15, 0.2) is 16.3 Å². The third-order valence-corrected chi connectivity index (χ3v) is 7.48. The Hall–Kier alpha value is -4.63. The number of hydrogen-bond acceptors (Lipinski definition) is 8. The van der Waals surface area contributed by atoms with Gasteiger partial charge in [-0.3, -0.25) is 9.36 Å². The lowest BCUT2D eigenvalue weighted by atomic mass is 9.92. The highest BCUT2D eigenvalue weighted by atomic mass is 32.1. The summed E-state index contributed by atoms with van der Waals surface area (Å²) in [5.74, 6) is 1.29. The Morgan fingerprint density at radius 3 is 2.64 bits per heavy atom. The second-order valence-corrected chi connectivity index (χ2v) is 9.80. The summed E-state index contributed by atoms with van der Waals surface area (Å²) >= 11 is 1.26. The SMILES string of the molecule is CCOC(=O)C1=C(c2ccccc2)N=c2sc(=Cc3ccc4c(c3)OCO4)c(=O)n2C1c1ccccc1OC. The van der Waals surface area contributed by atoms with Crippen LogP contribution in [0.5, 0.6) is 17.2 Å². The molecule has 2 aliphatic rings. The number of para-hydroxylation sites is 1. The molecule has 0 saturated carbocycles. The van der Waals surface area contributed by atoms with Crippen LogP contribution in [0.3, 0.4) is 0 Å². The number of carbonyl (C=O) groups excluding carboxylic acids is 1. The summed E-state index contributed by atoms with van der Waals surface area (Å²) in [5, 5.41) is 0. The Morgan fingerprint density at radius 2 is 1.85 bits per heavy atom. The van der Waals surface area contributed by atoms with E-state index in [9.17, 15) is 9.59 Å². The van der Waals surface area contributed by atoms with Crippen LogP contribution in [0.25, 0.3) is 11.8 Å². The first-order valence-corrected chi connectivity index (χ1v) is 13.2. The van der Waals surface area contributed by atoms with Gasteiger partial charge in [-0.25, -0.2) is 9.79 Å². The number of benzene rings is 3. The van der Waals surface area contributed by atoms with Crippen molar-refractivity contribution in [3.63, 3.8) is 0 Å². The number of hydrogen-bond donors (Lipinski definition) is 0. The summed E-state index contributed by atoms with van der Waals surface area (Å²) in [5.41, 5.74) is 2.64. The van der Waals surface area contributed by atoms with E-state index in [0.717, 1.165) is 11.1 Å². The number of aromatic nitrogens is 1. The molecule has 8 nitrogen and oxygen atoms in total. The summed E-state index contributed by atoms with van der Waals surface area (Å²) in [6, 6.07) is 21.5. The number of carbonyl (C=O) groups is 1. The molecule has 0 saturated heterocycles. The van der Waals surface area contributed by atoms with Crippen LogP contribution in [0, 0.1) is 0 Å². The number of rotatable bonds is 6. The lowest BCUT2D eigenvalue weighted by molar-refractivity contribution is -0.138. The Labute approximate surface area is 227 Å². The van der Waals surface area contributed by atoms with E-state index >= 15 is 0 Å². The molecule has 4 aromatic rings. The molecule has 0 amide bonds. The van der Waals surface area contributed by atoms with E-state index in [-0.39, 0.29) is 24.5 Å². The maximum absolute atomic E-state index is 14.0. The predicted molar refractivity (Wildman–Crippen MR) is 147 cm³/mol. The van der Waals surface area contributed by atoms with Crippen LogP contribution in [-0.4, -0.2) is 31.0 Å². The number of thiazole rings is 1. The Morgan fingerprint density at radius 1 is 1.08 bits per heavy atom. The molecule has 0 spiro atoms.